The molecule has 1 rings (SSSR count). The van der Waals surface area contributed by atoms with Gasteiger partial charge in [-0.15, -0.1) is 0 Å². The largest absolute Gasteiger partial charge is 0.311 e. The summed E-state index contributed by atoms with van der Waals surface area (Å²) in [4.78, 5) is 26.1. The molecule has 0 saturated carbocycles. The van der Waals surface area contributed by atoms with Crippen LogP contribution in [-0.2, 0) is 16.0 Å². The van der Waals surface area contributed by atoms with Crippen molar-refractivity contribution in [1.82, 2.24) is 4.98 Å². The van der Waals surface area contributed by atoms with Gasteiger partial charge >= 0.3 is 0 Å². The van der Waals surface area contributed by atoms with Crippen LogP contribution in [0.3, 0.4) is 0 Å². The number of pyridine rings is 1. The Morgan fingerprint density at radius 1 is 1.12 bits per heavy atom. The smallest absolute Gasteiger partial charge is 0.222 e. The Hall–Kier alpha value is -1.91. The molecular formula is C12H17N3O2. The van der Waals surface area contributed by atoms with Gasteiger partial charge in [-0.25, -0.2) is 4.98 Å². The van der Waals surface area contributed by atoms with Crippen molar-refractivity contribution < 1.29 is 9.59 Å². The van der Waals surface area contributed by atoms with E-state index < -0.39 is 0 Å². The molecule has 0 unspecified atom stereocenters. The van der Waals surface area contributed by atoms with Crippen LogP contribution < -0.4 is 10.6 Å². The zero-order chi connectivity index (χ0) is 12.8. The van der Waals surface area contributed by atoms with Gasteiger partial charge in [-0.05, 0) is 24.1 Å². The predicted molar refractivity (Wildman–Crippen MR) is 66.8 cm³/mol. The van der Waals surface area contributed by atoms with Crippen LogP contribution in [0.15, 0.2) is 12.1 Å². The van der Waals surface area contributed by atoms with Crippen molar-refractivity contribution in [2.45, 2.75) is 33.6 Å². The van der Waals surface area contributed by atoms with Crippen LogP contribution in [0.4, 0.5) is 11.6 Å². The molecule has 2 amide bonds. The molecule has 0 fully saturated rings. The van der Waals surface area contributed by atoms with E-state index in [-0.39, 0.29) is 11.8 Å². The summed E-state index contributed by atoms with van der Waals surface area (Å²) in [6.07, 6.45) is 1.87. The van der Waals surface area contributed by atoms with Crippen LogP contribution >= 0.6 is 0 Å². The Labute approximate surface area is 101 Å². The number of rotatable bonds is 4. The minimum absolute atomic E-state index is 0.181. The Bertz CT molecular complexity index is 396. The van der Waals surface area contributed by atoms with E-state index in [0.717, 1.165) is 18.4 Å². The van der Waals surface area contributed by atoms with Crippen LogP contribution in [-0.4, -0.2) is 16.8 Å². The molecule has 0 aliphatic rings. The normalized spacial score (nSPS) is 9.82. The molecule has 17 heavy (non-hydrogen) atoms. The first-order valence-electron chi connectivity index (χ1n) is 5.57. The van der Waals surface area contributed by atoms with Crippen molar-refractivity contribution in [3.8, 4) is 0 Å². The maximum atomic E-state index is 11.0. The second-order valence-corrected chi connectivity index (χ2v) is 3.86. The first kappa shape index (κ1) is 13.2. The summed E-state index contributed by atoms with van der Waals surface area (Å²) >= 11 is 0. The number of hydrogen-bond acceptors (Lipinski definition) is 3. The molecule has 5 heteroatoms. The maximum Gasteiger partial charge on any atom is 0.222 e. The molecule has 2 N–H and O–H groups in total. The van der Waals surface area contributed by atoms with Crippen LogP contribution in [0, 0.1) is 0 Å². The molecule has 0 bridgehead atoms. The summed E-state index contributed by atoms with van der Waals surface area (Å²) in [7, 11) is 0. The number of nitrogens with zero attached hydrogens (tertiary/aromatic N) is 1. The Morgan fingerprint density at radius 2 is 1.59 bits per heavy atom. The lowest BCUT2D eigenvalue weighted by atomic mass is 10.1. The highest BCUT2D eigenvalue weighted by Gasteiger charge is 2.05. The van der Waals surface area contributed by atoms with Crippen LogP contribution in [0.1, 0.15) is 32.8 Å². The van der Waals surface area contributed by atoms with Crippen LogP contribution in [0.2, 0.25) is 0 Å². The minimum Gasteiger partial charge on any atom is -0.311 e. The van der Waals surface area contributed by atoms with Crippen molar-refractivity contribution in [3.63, 3.8) is 0 Å². The lowest BCUT2D eigenvalue weighted by molar-refractivity contribution is -0.115. The third-order valence-corrected chi connectivity index (χ3v) is 2.03. The number of amides is 2. The van der Waals surface area contributed by atoms with E-state index in [1.165, 1.54) is 13.8 Å². The number of nitrogens with one attached hydrogen (secondary N) is 2. The van der Waals surface area contributed by atoms with E-state index in [1.54, 1.807) is 0 Å². The van der Waals surface area contributed by atoms with Gasteiger partial charge in [0.15, 0.2) is 0 Å². The summed E-state index contributed by atoms with van der Waals surface area (Å²) in [6, 6.07) is 3.63. The molecule has 0 saturated heterocycles. The monoisotopic (exact) mass is 235 g/mol. The van der Waals surface area contributed by atoms with E-state index in [0.29, 0.717) is 11.6 Å². The second-order valence-electron chi connectivity index (χ2n) is 3.86. The highest BCUT2D eigenvalue weighted by atomic mass is 16.2. The average molecular weight is 235 g/mol. The highest BCUT2D eigenvalue weighted by Crippen LogP contribution is 2.15. The van der Waals surface area contributed by atoms with E-state index >= 15 is 0 Å². The molecule has 92 valence electrons. The molecule has 0 atom stereocenters. The minimum atomic E-state index is -0.181. The summed E-state index contributed by atoms with van der Waals surface area (Å²) in [5.74, 6) is 0.569. The molecule has 0 spiro atoms. The van der Waals surface area contributed by atoms with Gasteiger partial charge in [0.25, 0.3) is 0 Å². The van der Waals surface area contributed by atoms with Gasteiger partial charge < -0.3 is 10.6 Å². The van der Waals surface area contributed by atoms with Crippen LogP contribution in [0.5, 0.6) is 0 Å². The highest BCUT2D eigenvalue weighted by molar-refractivity contribution is 5.90. The fourth-order valence-corrected chi connectivity index (χ4v) is 1.51. The van der Waals surface area contributed by atoms with Gasteiger partial charge in [0.1, 0.15) is 11.6 Å². The fraction of sp³-hybridized carbons (Fsp3) is 0.417. The predicted octanol–water partition coefficient (Wildman–Crippen LogP) is 1.95. The summed E-state index contributed by atoms with van der Waals surface area (Å²) in [5.41, 5.74) is 1.04. The topological polar surface area (TPSA) is 71.1 Å². The van der Waals surface area contributed by atoms with Gasteiger partial charge in [-0.3, -0.25) is 9.59 Å². The van der Waals surface area contributed by atoms with Crippen molar-refractivity contribution in [3.05, 3.63) is 17.7 Å². The first-order chi connectivity index (χ1) is 8.01. The number of anilines is 2. The van der Waals surface area contributed by atoms with Crippen LogP contribution in [0.25, 0.3) is 0 Å². The molecule has 0 aliphatic heterocycles. The lowest BCUT2D eigenvalue weighted by Gasteiger charge is -2.08. The third-order valence-electron chi connectivity index (χ3n) is 2.03. The van der Waals surface area contributed by atoms with Crippen molar-refractivity contribution >= 4 is 23.5 Å². The number of carbonyl (C=O) groups is 2. The van der Waals surface area contributed by atoms with E-state index in [4.69, 9.17) is 0 Å². The molecule has 1 aromatic heterocycles. The van der Waals surface area contributed by atoms with Crippen molar-refractivity contribution in [1.29, 1.82) is 0 Å². The molecular weight excluding hydrogens is 218 g/mol. The summed E-state index contributed by atoms with van der Waals surface area (Å²) in [6.45, 7) is 4.91. The second kappa shape index (κ2) is 5.98. The van der Waals surface area contributed by atoms with E-state index in [1.807, 2.05) is 12.1 Å². The third kappa shape index (κ3) is 4.63. The first-order valence-corrected chi connectivity index (χ1v) is 5.57. The summed E-state index contributed by atoms with van der Waals surface area (Å²) in [5, 5.41) is 5.23. The standard InChI is InChI=1S/C12H17N3O2/c1-4-5-10-6-11(13-8(2)16)15-12(7-10)14-9(3)17/h6-7H,4-5H2,1-3H3,(H2,13,14,15,16,17). The zero-order valence-corrected chi connectivity index (χ0v) is 10.3. The number of carbonyl (C=O) groups excluding carboxylic acids is 2. The molecule has 0 aliphatic carbocycles. The zero-order valence-electron chi connectivity index (χ0n) is 10.3. The molecule has 1 aromatic rings. The molecule has 5 nitrogen and oxygen atoms in total. The lowest BCUT2D eigenvalue weighted by Crippen LogP contribution is -2.12. The molecule has 1 heterocycles. The quantitative estimate of drug-likeness (QED) is 0.837. The van der Waals surface area contributed by atoms with Crippen molar-refractivity contribution in [2.24, 2.45) is 0 Å². The summed E-state index contributed by atoms with van der Waals surface area (Å²) < 4.78 is 0. The average Bonchev–Trinajstić information content (AvgIpc) is 2.14. The Kier molecular flexibility index (Phi) is 4.63. The van der Waals surface area contributed by atoms with Gasteiger partial charge in [0, 0.05) is 13.8 Å². The number of aryl methyl sites for hydroxylation is 1. The van der Waals surface area contributed by atoms with Gasteiger partial charge in [-0.2, -0.15) is 0 Å². The van der Waals surface area contributed by atoms with E-state index in [2.05, 4.69) is 22.5 Å². The maximum absolute atomic E-state index is 11.0. The Balaban J connectivity index is 2.99. The molecule has 0 aromatic carbocycles. The fourth-order valence-electron chi connectivity index (χ4n) is 1.51. The SMILES string of the molecule is CCCc1cc(NC(C)=O)nc(NC(C)=O)c1. The van der Waals surface area contributed by atoms with Gasteiger partial charge in [0.05, 0.1) is 0 Å². The van der Waals surface area contributed by atoms with Crippen molar-refractivity contribution in [2.75, 3.05) is 10.6 Å². The number of aromatic nitrogens is 1. The Morgan fingerprint density at radius 3 is 1.94 bits per heavy atom. The van der Waals surface area contributed by atoms with Gasteiger partial charge in [-0.1, -0.05) is 13.3 Å². The molecule has 0 radical (unpaired) electrons. The van der Waals surface area contributed by atoms with Gasteiger partial charge in [0.2, 0.25) is 11.8 Å². The number of hydrogen-bond donors (Lipinski definition) is 2. The van der Waals surface area contributed by atoms with E-state index in [9.17, 15) is 9.59 Å².